The molecule has 88 valence electrons. The number of rotatable bonds is 4. The van der Waals surface area contributed by atoms with Crippen LogP contribution in [-0.4, -0.2) is 38.6 Å². The topological polar surface area (TPSA) is 65.1 Å². The molecule has 5 nitrogen and oxygen atoms in total. The molecule has 0 spiro atoms. The average molecular weight is 225 g/mol. The van der Waals surface area contributed by atoms with E-state index >= 15 is 0 Å². The van der Waals surface area contributed by atoms with Gasteiger partial charge in [0.25, 0.3) is 5.91 Å². The molecule has 2 heterocycles. The Bertz CT molecular complexity index is 329. The van der Waals surface area contributed by atoms with Crippen LogP contribution < -0.4 is 15.5 Å². The second-order valence-electron chi connectivity index (χ2n) is 4.40. The summed E-state index contributed by atoms with van der Waals surface area (Å²) in [6.07, 6.45) is 1.71. The average Bonchev–Trinajstić information content (AvgIpc) is 2.73. The van der Waals surface area contributed by atoms with Gasteiger partial charge in [-0.1, -0.05) is 0 Å². The van der Waals surface area contributed by atoms with Crippen LogP contribution in [-0.2, 0) is 11.3 Å². The van der Waals surface area contributed by atoms with E-state index in [9.17, 15) is 4.79 Å². The highest BCUT2D eigenvalue weighted by atomic mass is 16.3. The van der Waals surface area contributed by atoms with Gasteiger partial charge in [-0.25, -0.2) is 0 Å². The number of nitrogens with two attached hydrogens (primary N) is 1. The van der Waals surface area contributed by atoms with E-state index in [2.05, 4.69) is 0 Å². The summed E-state index contributed by atoms with van der Waals surface area (Å²) in [4.78, 5) is 13.6. The summed E-state index contributed by atoms with van der Waals surface area (Å²) in [5.41, 5.74) is 5.19. The van der Waals surface area contributed by atoms with Crippen LogP contribution in [0.4, 0.5) is 0 Å². The normalized spacial score (nSPS) is 25.5. The smallest absolute Gasteiger partial charge is 0.272 e. The van der Waals surface area contributed by atoms with Crippen LogP contribution in [0.3, 0.4) is 0 Å². The van der Waals surface area contributed by atoms with E-state index in [0.29, 0.717) is 6.54 Å². The standard InChI is InChI=1S/C11H17N3O2/c12-11(15)9-14-5-3-13(4-6-14)8-10-2-1-7-16-10/h1-2,7H,3-6,8-9H2,(H2,12,15)/p+2. The van der Waals surface area contributed by atoms with Crippen LogP contribution in [0, 0.1) is 0 Å². The Kier molecular flexibility index (Phi) is 3.58. The Hall–Kier alpha value is -1.33. The van der Waals surface area contributed by atoms with Gasteiger partial charge in [0.15, 0.2) is 12.3 Å². The molecule has 4 N–H and O–H groups in total. The zero-order chi connectivity index (χ0) is 11.4. The van der Waals surface area contributed by atoms with Crippen LogP contribution in [0.15, 0.2) is 22.8 Å². The Morgan fingerprint density at radius 1 is 1.31 bits per heavy atom. The fraction of sp³-hybridized carbons (Fsp3) is 0.545. The number of hydrogen-bond acceptors (Lipinski definition) is 2. The third-order valence-electron chi connectivity index (χ3n) is 3.09. The predicted octanol–water partition coefficient (Wildman–Crippen LogP) is -2.95. The molecule has 1 aliphatic heterocycles. The third-order valence-corrected chi connectivity index (χ3v) is 3.09. The first-order valence-corrected chi connectivity index (χ1v) is 5.72. The molecule has 1 amide bonds. The molecule has 0 atom stereocenters. The molecule has 1 aliphatic rings. The van der Waals surface area contributed by atoms with E-state index in [1.807, 2.05) is 12.1 Å². The molecule has 2 rings (SSSR count). The van der Waals surface area contributed by atoms with Crippen molar-refractivity contribution in [1.29, 1.82) is 0 Å². The van der Waals surface area contributed by atoms with E-state index < -0.39 is 0 Å². The SMILES string of the molecule is NC(=O)C[NH+]1CC[NH+](Cc2ccco2)CC1. The van der Waals surface area contributed by atoms with Crippen LogP contribution in [0.25, 0.3) is 0 Å². The lowest BCUT2D eigenvalue weighted by Crippen LogP contribution is -3.28. The second kappa shape index (κ2) is 5.14. The summed E-state index contributed by atoms with van der Waals surface area (Å²) >= 11 is 0. The van der Waals surface area contributed by atoms with Gasteiger partial charge in [-0.3, -0.25) is 4.79 Å². The maximum absolute atomic E-state index is 10.8. The Labute approximate surface area is 94.8 Å². The zero-order valence-electron chi connectivity index (χ0n) is 9.37. The highest BCUT2D eigenvalue weighted by molar-refractivity contribution is 5.74. The first-order valence-electron chi connectivity index (χ1n) is 5.72. The molecule has 0 saturated carbocycles. The van der Waals surface area contributed by atoms with Gasteiger partial charge < -0.3 is 20.0 Å². The van der Waals surface area contributed by atoms with Crippen molar-refractivity contribution < 1.29 is 19.0 Å². The number of nitrogens with one attached hydrogen (secondary N) is 2. The quantitative estimate of drug-likeness (QED) is 0.513. The fourth-order valence-corrected chi connectivity index (χ4v) is 2.22. The number of hydrogen-bond donors (Lipinski definition) is 3. The number of carbonyl (C=O) groups is 1. The molecule has 5 heteroatoms. The summed E-state index contributed by atoms with van der Waals surface area (Å²) in [6.45, 7) is 5.58. The molecule has 16 heavy (non-hydrogen) atoms. The van der Waals surface area contributed by atoms with Gasteiger partial charge in [0.1, 0.15) is 32.7 Å². The van der Waals surface area contributed by atoms with Crippen molar-refractivity contribution >= 4 is 5.91 Å². The van der Waals surface area contributed by atoms with E-state index in [4.69, 9.17) is 10.2 Å². The Morgan fingerprint density at radius 2 is 2.00 bits per heavy atom. The summed E-state index contributed by atoms with van der Waals surface area (Å²) in [7, 11) is 0. The maximum Gasteiger partial charge on any atom is 0.272 e. The molecule has 0 bridgehead atoms. The largest absolute Gasteiger partial charge is 0.463 e. The first-order chi connectivity index (χ1) is 7.74. The molecule has 0 aromatic carbocycles. The van der Waals surface area contributed by atoms with Gasteiger partial charge in [-0.2, -0.15) is 0 Å². The number of piperazine rings is 1. The molecule has 0 unspecified atom stereocenters. The summed E-state index contributed by atoms with van der Waals surface area (Å²) in [5.74, 6) is 0.831. The van der Waals surface area contributed by atoms with Crippen LogP contribution >= 0.6 is 0 Å². The molecular weight excluding hydrogens is 206 g/mol. The van der Waals surface area contributed by atoms with Crippen LogP contribution in [0.1, 0.15) is 5.76 Å². The second-order valence-corrected chi connectivity index (χ2v) is 4.40. The van der Waals surface area contributed by atoms with E-state index in [0.717, 1.165) is 38.5 Å². The maximum atomic E-state index is 10.8. The van der Waals surface area contributed by atoms with Gasteiger partial charge >= 0.3 is 0 Å². The fourth-order valence-electron chi connectivity index (χ4n) is 2.22. The van der Waals surface area contributed by atoms with E-state index in [1.54, 1.807) is 6.26 Å². The summed E-state index contributed by atoms with van der Waals surface area (Å²) in [5, 5.41) is 0. The van der Waals surface area contributed by atoms with Crippen molar-refractivity contribution in [1.82, 2.24) is 0 Å². The van der Waals surface area contributed by atoms with Crippen molar-refractivity contribution in [2.75, 3.05) is 32.7 Å². The highest BCUT2D eigenvalue weighted by Crippen LogP contribution is 1.96. The number of quaternary nitrogens is 2. The summed E-state index contributed by atoms with van der Waals surface area (Å²) in [6, 6.07) is 3.93. The molecular formula is C11H19N3O2+2. The van der Waals surface area contributed by atoms with E-state index in [1.165, 1.54) is 9.80 Å². The Balaban J connectivity index is 1.75. The van der Waals surface area contributed by atoms with Crippen molar-refractivity contribution in [2.45, 2.75) is 6.54 Å². The van der Waals surface area contributed by atoms with Crippen LogP contribution in [0.5, 0.6) is 0 Å². The number of furan rings is 1. The van der Waals surface area contributed by atoms with Gasteiger partial charge in [0, 0.05) is 0 Å². The predicted molar refractivity (Wildman–Crippen MR) is 57.9 cm³/mol. The van der Waals surface area contributed by atoms with Crippen molar-refractivity contribution in [3.05, 3.63) is 24.2 Å². The lowest BCUT2D eigenvalue weighted by Gasteiger charge is -2.28. The lowest BCUT2D eigenvalue weighted by molar-refractivity contribution is -1.02. The summed E-state index contributed by atoms with van der Waals surface area (Å²) < 4.78 is 5.33. The van der Waals surface area contributed by atoms with Crippen molar-refractivity contribution in [2.24, 2.45) is 5.73 Å². The first kappa shape index (κ1) is 11.2. The van der Waals surface area contributed by atoms with E-state index in [-0.39, 0.29) is 5.91 Å². The molecule has 1 saturated heterocycles. The van der Waals surface area contributed by atoms with Crippen molar-refractivity contribution in [3.63, 3.8) is 0 Å². The van der Waals surface area contributed by atoms with Gasteiger partial charge in [-0.05, 0) is 12.1 Å². The number of carbonyl (C=O) groups excluding carboxylic acids is 1. The van der Waals surface area contributed by atoms with Crippen LogP contribution in [0.2, 0.25) is 0 Å². The molecule has 0 aliphatic carbocycles. The molecule has 1 aromatic heterocycles. The zero-order valence-corrected chi connectivity index (χ0v) is 9.37. The molecule has 1 aromatic rings. The Morgan fingerprint density at radius 3 is 2.56 bits per heavy atom. The number of primary amides is 1. The minimum Gasteiger partial charge on any atom is -0.463 e. The molecule has 1 fully saturated rings. The van der Waals surface area contributed by atoms with Gasteiger partial charge in [-0.15, -0.1) is 0 Å². The third kappa shape index (κ3) is 3.08. The monoisotopic (exact) mass is 225 g/mol. The van der Waals surface area contributed by atoms with Gasteiger partial charge in [0.2, 0.25) is 0 Å². The lowest BCUT2D eigenvalue weighted by atomic mass is 10.3. The number of amides is 1. The molecule has 0 radical (unpaired) electrons. The van der Waals surface area contributed by atoms with Gasteiger partial charge in [0.05, 0.1) is 6.26 Å². The minimum atomic E-state index is -0.204. The minimum absolute atomic E-state index is 0.204. The highest BCUT2D eigenvalue weighted by Gasteiger charge is 2.24. The van der Waals surface area contributed by atoms with Crippen molar-refractivity contribution in [3.8, 4) is 0 Å².